The molecule has 1 aromatic carbocycles. The first-order valence-corrected chi connectivity index (χ1v) is 6.12. The van der Waals surface area contributed by atoms with Crippen molar-refractivity contribution in [3.8, 4) is 16.9 Å². The number of hydrogen-bond donors (Lipinski definition) is 3. The summed E-state index contributed by atoms with van der Waals surface area (Å²) >= 11 is 0. The van der Waals surface area contributed by atoms with Crippen LogP contribution in [-0.2, 0) is 4.79 Å². The van der Waals surface area contributed by atoms with Crippen molar-refractivity contribution in [1.82, 2.24) is 10.3 Å². The van der Waals surface area contributed by atoms with Gasteiger partial charge in [-0.15, -0.1) is 0 Å². The van der Waals surface area contributed by atoms with Crippen molar-refractivity contribution in [2.24, 2.45) is 0 Å². The van der Waals surface area contributed by atoms with Crippen molar-refractivity contribution in [2.45, 2.75) is 0 Å². The number of hydrogen-bond acceptors (Lipinski definition) is 4. The number of benzene rings is 1. The summed E-state index contributed by atoms with van der Waals surface area (Å²) in [5.74, 6) is -3.05. The summed E-state index contributed by atoms with van der Waals surface area (Å²) in [6, 6.07) is 5.06. The summed E-state index contributed by atoms with van der Waals surface area (Å²) in [6.07, 6.45) is 1.25. The molecule has 0 aliphatic rings. The Morgan fingerprint density at radius 2 is 1.95 bits per heavy atom. The fourth-order valence-corrected chi connectivity index (χ4v) is 1.80. The lowest BCUT2D eigenvalue weighted by Gasteiger charge is -2.08. The van der Waals surface area contributed by atoms with Crippen LogP contribution < -0.4 is 10.8 Å². The summed E-state index contributed by atoms with van der Waals surface area (Å²) in [4.78, 5) is 25.8. The molecule has 6 nitrogen and oxygen atoms in total. The smallest absolute Gasteiger partial charge is 0.322 e. The Balaban J connectivity index is 2.29. The van der Waals surface area contributed by atoms with Crippen molar-refractivity contribution >= 4 is 25.2 Å². The lowest BCUT2D eigenvalue weighted by Crippen LogP contribution is -2.29. The standard InChI is InChI=1S/C14H10BFN2O4/c15-9-1-7(2-10(16)4-9)8-3-11(19)13(17-5-8)14(22)18-6-12(20)21/h1-5,19H,6H2,(H,18,22)(H,20,21). The molecule has 0 saturated carbocycles. The maximum absolute atomic E-state index is 13.3. The van der Waals surface area contributed by atoms with E-state index in [9.17, 15) is 19.1 Å². The highest BCUT2D eigenvalue weighted by Crippen LogP contribution is 2.24. The summed E-state index contributed by atoms with van der Waals surface area (Å²) in [5.41, 5.74) is 0.628. The molecule has 0 bridgehead atoms. The number of aromatic hydroxyl groups is 1. The molecule has 1 heterocycles. The molecular formula is C14H10BFN2O4. The first kappa shape index (κ1) is 15.5. The first-order chi connectivity index (χ1) is 10.4. The molecule has 2 radical (unpaired) electrons. The molecule has 110 valence electrons. The molecule has 0 aliphatic heterocycles. The molecule has 0 atom stereocenters. The molecule has 2 aromatic rings. The zero-order chi connectivity index (χ0) is 16.3. The quantitative estimate of drug-likeness (QED) is 0.701. The van der Waals surface area contributed by atoms with Gasteiger partial charge in [0.2, 0.25) is 0 Å². The minimum atomic E-state index is -1.22. The summed E-state index contributed by atoms with van der Waals surface area (Å²) in [5, 5.41) is 20.4. The van der Waals surface area contributed by atoms with Crippen molar-refractivity contribution in [3.63, 3.8) is 0 Å². The molecule has 2 rings (SSSR count). The Morgan fingerprint density at radius 3 is 2.55 bits per heavy atom. The average Bonchev–Trinajstić information content (AvgIpc) is 2.43. The van der Waals surface area contributed by atoms with E-state index < -0.39 is 30.0 Å². The Bertz CT molecular complexity index is 731. The average molecular weight is 300 g/mol. The molecule has 8 heteroatoms. The van der Waals surface area contributed by atoms with Gasteiger partial charge in [-0.1, -0.05) is 11.5 Å². The number of carbonyl (C=O) groups is 2. The van der Waals surface area contributed by atoms with Gasteiger partial charge in [0.05, 0.1) is 0 Å². The molecular weight excluding hydrogens is 290 g/mol. The molecule has 0 aliphatic carbocycles. The summed E-state index contributed by atoms with van der Waals surface area (Å²) in [6.45, 7) is -0.595. The van der Waals surface area contributed by atoms with Gasteiger partial charge in [0.1, 0.15) is 26.0 Å². The van der Waals surface area contributed by atoms with Gasteiger partial charge >= 0.3 is 5.97 Å². The minimum absolute atomic E-state index is 0.206. The van der Waals surface area contributed by atoms with Crippen LogP contribution in [0.3, 0.4) is 0 Å². The predicted octanol–water partition coefficient (Wildman–Crippen LogP) is 0.201. The van der Waals surface area contributed by atoms with Crippen molar-refractivity contribution < 1.29 is 24.2 Å². The first-order valence-electron chi connectivity index (χ1n) is 6.12. The van der Waals surface area contributed by atoms with Crippen LogP contribution in [-0.4, -0.2) is 41.5 Å². The van der Waals surface area contributed by atoms with E-state index in [1.807, 2.05) is 0 Å². The Morgan fingerprint density at radius 1 is 1.23 bits per heavy atom. The number of nitrogens with one attached hydrogen (secondary N) is 1. The van der Waals surface area contributed by atoms with Gasteiger partial charge in [0.25, 0.3) is 5.91 Å². The second-order valence-corrected chi connectivity index (χ2v) is 4.44. The van der Waals surface area contributed by atoms with Crippen LogP contribution in [0.1, 0.15) is 10.5 Å². The second kappa shape index (κ2) is 6.25. The normalized spacial score (nSPS) is 10.2. The van der Waals surface area contributed by atoms with Crippen LogP contribution in [0.15, 0.2) is 30.5 Å². The lowest BCUT2D eigenvalue weighted by atomic mass is 9.92. The second-order valence-electron chi connectivity index (χ2n) is 4.44. The molecule has 1 aromatic heterocycles. The molecule has 22 heavy (non-hydrogen) atoms. The number of rotatable bonds is 4. The van der Waals surface area contributed by atoms with E-state index >= 15 is 0 Å². The minimum Gasteiger partial charge on any atom is -0.505 e. The van der Waals surface area contributed by atoms with Gasteiger partial charge in [-0.25, -0.2) is 9.37 Å². The highest BCUT2D eigenvalue weighted by Gasteiger charge is 2.15. The van der Waals surface area contributed by atoms with Gasteiger partial charge < -0.3 is 15.5 Å². The third-order valence-electron chi connectivity index (χ3n) is 2.74. The fourth-order valence-electron chi connectivity index (χ4n) is 1.80. The van der Waals surface area contributed by atoms with Crippen LogP contribution in [0.5, 0.6) is 5.75 Å². The maximum atomic E-state index is 13.3. The van der Waals surface area contributed by atoms with Crippen molar-refractivity contribution in [2.75, 3.05) is 6.54 Å². The fraction of sp³-hybridized carbons (Fsp3) is 0.0714. The number of aliphatic carboxylic acids is 1. The SMILES string of the molecule is [B]c1cc(F)cc(-c2cnc(C(=O)NCC(=O)O)c(O)c2)c1. The highest BCUT2D eigenvalue weighted by molar-refractivity contribution is 6.32. The summed E-state index contributed by atoms with van der Waals surface area (Å²) in [7, 11) is 5.54. The molecule has 0 fully saturated rings. The van der Waals surface area contributed by atoms with Crippen LogP contribution in [0, 0.1) is 5.82 Å². The molecule has 3 N–H and O–H groups in total. The van der Waals surface area contributed by atoms with E-state index in [2.05, 4.69) is 10.3 Å². The van der Waals surface area contributed by atoms with E-state index in [1.54, 1.807) is 0 Å². The summed E-state index contributed by atoms with van der Waals surface area (Å²) < 4.78 is 13.3. The van der Waals surface area contributed by atoms with Gasteiger partial charge in [0, 0.05) is 11.8 Å². The Kier molecular flexibility index (Phi) is 4.40. The number of carboxylic acids is 1. The molecule has 0 unspecified atom stereocenters. The van der Waals surface area contributed by atoms with Gasteiger partial charge in [-0.2, -0.15) is 0 Å². The monoisotopic (exact) mass is 300 g/mol. The number of carbonyl (C=O) groups excluding carboxylic acids is 1. The van der Waals surface area contributed by atoms with Gasteiger partial charge in [-0.3, -0.25) is 9.59 Å². The maximum Gasteiger partial charge on any atom is 0.322 e. The predicted molar refractivity (Wildman–Crippen MR) is 76.7 cm³/mol. The lowest BCUT2D eigenvalue weighted by molar-refractivity contribution is -0.135. The third-order valence-corrected chi connectivity index (χ3v) is 2.74. The van der Waals surface area contributed by atoms with Crippen LogP contribution in [0.25, 0.3) is 11.1 Å². The molecule has 1 amide bonds. The number of pyridine rings is 1. The van der Waals surface area contributed by atoms with Crippen molar-refractivity contribution in [3.05, 3.63) is 42.0 Å². The highest BCUT2D eigenvalue weighted by atomic mass is 19.1. The van der Waals surface area contributed by atoms with Gasteiger partial charge in [-0.05, 0) is 23.8 Å². The number of aromatic nitrogens is 1. The zero-order valence-electron chi connectivity index (χ0n) is 11.2. The third kappa shape index (κ3) is 3.60. The number of carboxylic acid groups (broad SMARTS) is 1. The van der Waals surface area contributed by atoms with Crippen LogP contribution in [0.2, 0.25) is 0 Å². The topological polar surface area (TPSA) is 99.5 Å². The van der Waals surface area contributed by atoms with E-state index in [-0.39, 0.29) is 11.2 Å². The van der Waals surface area contributed by atoms with Crippen LogP contribution >= 0.6 is 0 Å². The number of amides is 1. The molecule has 0 saturated heterocycles. The van der Waals surface area contributed by atoms with Crippen molar-refractivity contribution in [1.29, 1.82) is 0 Å². The Labute approximate surface area is 126 Å². The van der Waals surface area contributed by atoms with E-state index in [4.69, 9.17) is 13.0 Å². The number of nitrogens with zero attached hydrogens (tertiary/aromatic N) is 1. The molecule has 0 spiro atoms. The van der Waals surface area contributed by atoms with Gasteiger partial charge in [0.15, 0.2) is 5.69 Å². The van der Waals surface area contributed by atoms with E-state index in [1.165, 1.54) is 24.4 Å². The number of halogens is 1. The Hall–Kier alpha value is -2.90. The van der Waals surface area contributed by atoms with E-state index in [0.717, 1.165) is 6.07 Å². The zero-order valence-corrected chi connectivity index (χ0v) is 11.2. The largest absolute Gasteiger partial charge is 0.505 e. The van der Waals surface area contributed by atoms with E-state index in [0.29, 0.717) is 11.1 Å². The van der Waals surface area contributed by atoms with Crippen LogP contribution in [0.4, 0.5) is 4.39 Å².